The summed E-state index contributed by atoms with van der Waals surface area (Å²) in [6.07, 6.45) is 5.34. The zero-order valence-corrected chi connectivity index (χ0v) is 13.6. The standard InChI is InChI=1S/C16H33N3O/c1-14(12-15-6-4-5-7-17-15)18-13-16(2,3)19-8-10-20-11-9-19/h14-15,17-18H,4-13H2,1-3H3. The maximum Gasteiger partial charge on any atom is 0.0594 e. The Bertz CT molecular complexity index is 271. The van der Waals surface area contributed by atoms with Crippen LogP contribution in [0.15, 0.2) is 0 Å². The molecule has 0 spiro atoms. The molecule has 4 heteroatoms. The van der Waals surface area contributed by atoms with Crippen molar-refractivity contribution in [2.24, 2.45) is 0 Å². The topological polar surface area (TPSA) is 36.5 Å². The van der Waals surface area contributed by atoms with Crippen molar-refractivity contribution in [2.75, 3.05) is 39.4 Å². The molecule has 2 aliphatic heterocycles. The third kappa shape index (κ3) is 4.99. The average molecular weight is 283 g/mol. The molecule has 0 saturated carbocycles. The molecule has 0 bridgehead atoms. The second kappa shape index (κ2) is 7.74. The molecular weight excluding hydrogens is 250 g/mol. The lowest BCUT2D eigenvalue weighted by atomic mass is 9.97. The highest BCUT2D eigenvalue weighted by molar-refractivity contribution is 4.87. The minimum atomic E-state index is 0.220. The first-order valence-electron chi connectivity index (χ1n) is 8.37. The zero-order chi connectivity index (χ0) is 14.4. The van der Waals surface area contributed by atoms with E-state index in [-0.39, 0.29) is 5.54 Å². The van der Waals surface area contributed by atoms with Gasteiger partial charge in [0.2, 0.25) is 0 Å². The molecule has 118 valence electrons. The Morgan fingerprint density at radius 2 is 2.05 bits per heavy atom. The van der Waals surface area contributed by atoms with Crippen molar-refractivity contribution in [3.8, 4) is 0 Å². The smallest absolute Gasteiger partial charge is 0.0594 e. The highest BCUT2D eigenvalue weighted by Crippen LogP contribution is 2.16. The van der Waals surface area contributed by atoms with Gasteiger partial charge >= 0.3 is 0 Å². The lowest BCUT2D eigenvalue weighted by Crippen LogP contribution is -2.56. The molecule has 2 aliphatic rings. The fourth-order valence-electron chi connectivity index (χ4n) is 3.34. The molecule has 0 aliphatic carbocycles. The van der Waals surface area contributed by atoms with Crippen molar-refractivity contribution in [1.29, 1.82) is 0 Å². The molecule has 2 unspecified atom stereocenters. The number of ether oxygens (including phenoxy) is 1. The van der Waals surface area contributed by atoms with Gasteiger partial charge in [0, 0.05) is 37.3 Å². The Labute approximate surface area is 124 Å². The van der Waals surface area contributed by atoms with E-state index in [1.807, 2.05) is 0 Å². The molecule has 0 radical (unpaired) electrons. The molecule has 2 heterocycles. The van der Waals surface area contributed by atoms with E-state index in [0.29, 0.717) is 6.04 Å². The molecule has 0 amide bonds. The van der Waals surface area contributed by atoms with E-state index in [1.165, 1.54) is 32.2 Å². The molecule has 2 atom stereocenters. The molecular formula is C16H33N3O. The van der Waals surface area contributed by atoms with Crippen LogP contribution in [0.5, 0.6) is 0 Å². The second-order valence-corrected chi connectivity index (χ2v) is 7.08. The highest BCUT2D eigenvalue weighted by Gasteiger charge is 2.28. The maximum absolute atomic E-state index is 5.45. The lowest BCUT2D eigenvalue weighted by Gasteiger charge is -2.41. The fourth-order valence-corrected chi connectivity index (χ4v) is 3.34. The van der Waals surface area contributed by atoms with Crippen molar-refractivity contribution < 1.29 is 4.74 Å². The molecule has 0 aromatic carbocycles. The van der Waals surface area contributed by atoms with Crippen LogP contribution < -0.4 is 10.6 Å². The highest BCUT2D eigenvalue weighted by atomic mass is 16.5. The number of nitrogens with zero attached hydrogens (tertiary/aromatic N) is 1. The molecule has 2 N–H and O–H groups in total. The van der Waals surface area contributed by atoms with E-state index in [2.05, 4.69) is 36.3 Å². The van der Waals surface area contributed by atoms with Crippen LogP contribution in [0.1, 0.15) is 46.5 Å². The Kier molecular flexibility index (Phi) is 6.27. The van der Waals surface area contributed by atoms with E-state index in [1.54, 1.807) is 0 Å². The molecule has 4 nitrogen and oxygen atoms in total. The van der Waals surface area contributed by atoms with Gasteiger partial charge < -0.3 is 15.4 Å². The van der Waals surface area contributed by atoms with Crippen molar-refractivity contribution in [1.82, 2.24) is 15.5 Å². The number of hydrogen-bond acceptors (Lipinski definition) is 4. The van der Waals surface area contributed by atoms with Crippen LogP contribution >= 0.6 is 0 Å². The van der Waals surface area contributed by atoms with E-state index in [9.17, 15) is 0 Å². The van der Waals surface area contributed by atoms with Crippen molar-refractivity contribution in [3.63, 3.8) is 0 Å². The summed E-state index contributed by atoms with van der Waals surface area (Å²) in [6, 6.07) is 1.31. The van der Waals surface area contributed by atoms with Crippen molar-refractivity contribution >= 4 is 0 Å². The van der Waals surface area contributed by atoms with E-state index < -0.39 is 0 Å². The first-order chi connectivity index (χ1) is 9.58. The van der Waals surface area contributed by atoms with E-state index >= 15 is 0 Å². The number of morpholine rings is 1. The van der Waals surface area contributed by atoms with E-state index in [4.69, 9.17) is 4.74 Å². The summed E-state index contributed by atoms with van der Waals surface area (Å²) >= 11 is 0. The van der Waals surface area contributed by atoms with Gasteiger partial charge in [-0.15, -0.1) is 0 Å². The van der Waals surface area contributed by atoms with Gasteiger partial charge in [-0.1, -0.05) is 6.42 Å². The minimum Gasteiger partial charge on any atom is -0.379 e. The summed E-state index contributed by atoms with van der Waals surface area (Å²) in [6.45, 7) is 13.2. The van der Waals surface area contributed by atoms with Crippen molar-refractivity contribution in [2.45, 2.75) is 64.1 Å². The quantitative estimate of drug-likeness (QED) is 0.776. The summed E-state index contributed by atoms with van der Waals surface area (Å²) in [5.74, 6) is 0. The predicted octanol–water partition coefficient (Wildman–Crippen LogP) is 1.61. The van der Waals surface area contributed by atoms with Crippen LogP contribution in [0.2, 0.25) is 0 Å². The van der Waals surface area contributed by atoms with Crippen LogP contribution in [-0.4, -0.2) is 61.9 Å². The van der Waals surface area contributed by atoms with Gasteiger partial charge in [-0.2, -0.15) is 0 Å². The van der Waals surface area contributed by atoms with Gasteiger partial charge in [-0.25, -0.2) is 0 Å². The Morgan fingerprint density at radius 1 is 1.30 bits per heavy atom. The fraction of sp³-hybridized carbons (Fsp3) is 1.00. The first kappa shape index (κ1) is 16.2. The average Bonchev–Trinajstić information content (AvgIpc) is 2.47. The minimum absolute atomic E-state index is 0.220. The van der Waals surface area contributed by atoms with Crippen LogP contribution in [-0.2, 0) is 4.74 Å². The summed E-state index contributed by atoms with van der Waals surface area (Å²) in [4.78, 5) is 2.55. The van der Waals surface area contributed by atoms with Crippen molar-refractivity contribution in [3.05, 3.63) is 0 Å². The Morgan fingerprint density at radius 3 is 2.70 bits per heavy atom. The van der Waals surface area contributed by atoms with Crippen LogP contribution in [0.4, 0.5) is 0 Å². The largest absolute Gasteiger partial charge is 0.379 e. The Balaban J connectivity index is 1.69. The molecule has 2 rings (SSSR count). The molecule has 2 fully saturated rings. The number of nitrogens with one attached hydrogen (secondary N) is 2. The number of rotatable bonds is 6. The molecule has 0 aromatic rings. The molecule has 2 saturated heterocycles. The van der Waals surface area contributed by atoms with Gasteiger partial charge in [-0.3, -0.25) is 4.90 Å². The maximum atomic E-state index is 5.45. The van der Waals surface area contributed by atoms with Gasteiger partial charge in [-0.05, 0) is 46.6 Å². The van der Waals surface area contributed by atoms with Crippen LogP contribution in [0.3, 0.4) is 0 Å². The zero-order valence-electron chi connectivity index (χ0n) is 13.6. The molecule has 20 heavy (non-hydrogen) atoms. The third-order valence-electron chi connectivity index (χ3n) is 4.80. The third-order valence-corrected chi connectivity index (χ3v) is 4.80. The first-order valence-corrected chi connectivity index (χ1v) is 8.37. The SMILES string of the molecule is CC(CC1CCCCN1)NCC(C)(C)N1CCOCC1. The van der Waals surface area contributed by atoms with Gasteiger partial charge in [0.1, 0.15) is 0 Å². The predicted molar refractivity (Wildman–Crippen MR) is 84.2 cm³/mol. The monoisotopic (exact) mass is 283 g/mol. The summed E-state index contributed by atoms with van der Waals surface area (Å²) < 4.78 is 5.45. The van der Waals surface area contributed by atoms with Crippen LogP contribution in [0.25, 0.3) is 0 Å². The van der Waals surface area contributed by atoms with Crippen LogP contribution in [0, 0.1) is 0 Å². The number of piperidine rings is 1. The Hall–Kier alpha value is -0.160. The van der Waals surface area contributed by atoms with E-state index in [0.717, 1.165) is 38.9 Å². The number of hydrogen-bond donors (Lipinski definition) is 2. The summed E-state index contributed by atoms with van der Waals surface area (Å²) in [5.41, 5.74) is 0.220. The summed E-state index contributed by atoms with van der Waals surface area (Å²) in [5, 5.41) is 7.39. The lowest BCUT2D eigenvalue weighted by molar-refractivity contribution is -0.0103. The van der Waals surface area contributed by atoms with Gasteiger partial charge in [0.25, 0.3) is 0 Å². The van der Waals surface area contributed by atoms with Gasteiger partial charge in [0.15, 0.2) is 0 Å². The second-order valence-electron chi connectivity index (χ2n) is 7.08. The summed E-state index contributed by atoms with van der Waals surface area (Å²) in [7, 11) is 0. The van der Waals surface area contributed by atoms with Gasteiger partial charge in [0.05, 0.1) is 13.2 Å². The molecule has 0 aromatic heterocycles. The normalized spacial score (nSPS) is 27.4.